The summed E-state index contributed by atoms with van der Waals surface area (Å²) in [7, 11) is 0. The normalized spacial score (nSPS) is 17.9. The highest BCUT2D eigenvalue weighted by atomic mass is 32.1. The number of nitrogens with two attached hydrogens (primary N) is 1. The Balaban J connectivity index is 2.25. The number of hydrogen-bond donors (Lipinski definition) is 1. The molecule has 0 spiro atoms. The van der Waals surface area contributed by atoms with Gasteiger partial charge in [-0.15, -0.1) is 0 Å². The van der Waals surface area contributed by atoms with Crippen molar-refractivity contribution in [3.05, 3.63) is 10.6 Å². The van der Waals surface area contributed by atoms with Crippen LogP contribution in [0, 0.1) is 0 Å². The minimum absolute atomic E-state index is 0.271. The number of anilines is 1. The monoisotopic (exact) mass is 267 g/mol. The first-order chi connectivity index (χ1) is 8.52. The first kappa shape index (κ1) is 13.8. The molecule has 2 N–H and O–H groups in total. The van der Waals surface area contributed by atoms with Crippen LogP contribution in [0.4, 0.5) is 5.13 Å². The van der Waals surface area contributed by atoms with Gasteiger partial charge in [-0.2, -0.15) is 0 Å². The maximum Gasteiger partial charge on any atom is 0.185 e. The van der Waals surface area contributed by atoms with Gasteiger partial charge in [-0.1, -0.05) is 31.1 Å². The van der Waals surface area contributed by atoms with Gasteiger partial charge in [0.25, 0.3) is 0 Å². The Morgan fingerprint density at radius 3 is 2.28 bits per heavy atom. The SMILES string of the molecule is CCc1nc(N2CCCCCC2)sc1C(C)(C)N. The van der Waals surface area contributed by atoms with Crippen LogP contribution in [0.25, 0.3) is 0 Å². The van der Waals surface area contributed by atoms with Crippen LogP contribution in [0.15, 0.2) is 0 Å². The summed E-state index contributed by atoms with van der Waals surface area (Å²) in [6.07, 6.45) is 6.28. The van der Waals surface area contributed by atoms with E-state index in [2.05, 4.69) is 25.7 Å². The lowest BCUT2D eigenvalue weighted by Crippen LogP contribution is -2.28. The average Bonchev–Trinajstić information content (AvgIpc) is 2.57. The van der Waals surface area contributed by atoms with Crippen LogP contribution in [0.2, 0.25) is 0 Å². The molecule has 102 valence electrons. The maximum atomic E-state index is 6.26. The zero-order chi connectivity index (χ0) is 13.2. The van der Waals surface area contributed by atoms with Gasteiger partial charge in [0, 0.05) is 23.5 Å². The van der Waals surface area contributed by atoms with Crippen LogP contribution < -0.4 is 10.6 Å². The Morgan fingerprint density at radius 2 is 1.83 bits per heavy atom. The fourth-order valence-corrected chi connectivity index (χ4v) is 3.70. The Hall–Kier alpha value is -0.610. The van der Waals surface area contributed by atoms with Gasteiger partial charge in [-0.3, -0.25) is 0 Å². The van der Waals surface area contributed by atoms with E-state index < -0.39 is 0 Å². The predicted octanol–water partition coefficient (Wildman–Crippen LogP) is 3.28. The second kappa shape index (κ2) is 5.57. The Kier molecular flexibility index (Phi) is 4.28. The van der Waals surface area contributed by atoms with Gasteiger partial charge in [-0.25, -0.2) is 4.98 Å². The first-order valence-electron chi connectivity index (χ1n) is 7.06. The number of thiazole rings is 1. The lowest BCUT2D eigenvalue weighted by atomic mass is 10.0. The highest BCUT2D eigenvalue weighted by Crippen LogP contribution is 2.34. The van der Waals surface area contributed by atoms with Crippen molar-refractivity contribution < 1.29 is 0 Å². The molecule has 1 saturated heterocycles. The zero-order valence-electron chi connectivity index (χ0n) is 11.8. The third kappa shape index (κ3) is 3.04. The molecule has 2 rings (SSSR count). The van der Waals surface area contributed by atoms with Gasteiger partial charge < -0.3 is 10.6 Å². The van der Waals surface area contributed by atoms with Crippen molar-refractivity contribution in [2.24, 2.45) is 5.73 Å². The fraction of sp³-hybridized carbons (Fsp3) is 0.786. The quantitative estimate of drug-likeness (QED) is 0.914. The number of aromatic nitrogens is 1. The molecule has 18 heavy (non-hydrogen) atoms. The molecule has 0 atom stereocenters. The molecule has 4 heteroatoms. The van der Waals surface area contributed by atoms with E-state index in [4.69, 9.17) is 10.7 Å². The Bertz CT molecular complexity index is 384. The van der Waals surface area contributed by atoms with Gasteiger partial charge in [0.15, 0.2) is 5.13 Å². The molecular formula is C14H25N3S. The minimum Gasteiger partial charge on any atom is -0.348 e. The van der Waals surface area contributed by atoms with Crippen molar-refractivity contribution in [1.82, 2.24) is 4.98 Å². The van der Waals surface area contributed by atoms with Crippen molar-refractivity contribution in [2.45, 2.75) is 58.4 Å². The molecule has 1 aromatic rings. The summed E-state index contributed by atoms with van der Waals surface area (Å²) in [5.41, 5.74) is 7.17. The smallest absolute Gasteiger partial charge is 0.185 e. The standard InChI is InChI=1S/C14H25N3S/c1-4-11-12(14(2,3)15)18-13(16-11)17-9-7-5-6-8-10-17/h4-10,15H2,1-3H3. The minimum atomic E-state index is -0.271. The molecule has 0 unspecified atom stereocenters. The van der Waals surface area contributed by atoms with Crippen molar-refractivity contribution >= 4 is 16.5 Å². The van der Waals surface area contributed by atoms with Crippen LogP contribution in [-0.4, -0.2) is 18.1 Å². The van der Waals surface area contributed by atoms with Crippen LogP contribution in [0.1, 0.15) is 57.0 Å². The van der Waals surface area contributed by atoms with E-state index >= 15 is 0 Å². The zero-order valence-corrected chi connectivity index (χ0v) is 12.6. The number of nitrogens with zero attached hydrogens (tertiary/aromatic N) is 2. The van der Waals surface area contributed by atoms with Gasteiger partial charge in [0.1, 0.15) is 0 Å². The van der Waals surface area contributed by atoms with Crippen LogP contribution in [-0.2, 0) is 12.0 Å². The van der Waals surface area contributed by atoms with Crippen LogP contribution >= 0.6 is 11.3 Å². The van der Waals surface area contributed by atoms with Crippen LogP contribution in [0.3, 0.4) is 0 Å². The topological polar surface area (TPSA) is 42.2 Å². The molecule has 1 aromatic heterocycles. The molecule has 0 saturated carbocycles. The molecule has 1 fully saturated rings. The molecule has 0 radical (unpaired) electrons. The second-order valence-electron chi connectivity index (χ2n) is 5.75. The summed E-state index contributed by atoms with van der Waals surface area (Å²) < 4.78 is 0. The third-order valence-corrected chi connectivity index (χ3v) is 4.98. The number of hydrogen-bond acceptors (Lipinski definition) is 4. The first-order valence-corrected chi connectivity index (χ1v) is 7.88. The Labute approximate surface area is 114 Å². The van der Waals surface area contributed by atoms with Crippen LogP contribution in [0.5, 0.6) is 0 Å². The molecule has 1 aliphatic heterocycles. The highest BCUT2D eigenvalue weighted by Gasteiger charge is 2.24. The lowest BCUT2D eigenvalue weighted by molar-refractivity contribution is 0.559. The highest BCUT2D eigenvalue weighted by molar-refractivity contribution is 7.15. The summed E-state index contributed by atoms with van der Waals surface area (Å²) in [6, 6.07) is 0. The fourth-order valence-electron chi connectivity index (χ4n) is 2.48. The van der Waals surface area contributed by atoms with Crippen molar-refractivity contribution in [2.75, 3.05) is 18.0 Å². The summed E-state index contributed by atoms with van der Waals surface area (Å²) in [5.74, 6) is 0. The van der Waals surface area contributed by atoms with E-state index in [-0.39, 0.29) is 5.54 Å². The van der Waals surface area contributed by atoms with Gasteiger partial charge in [0.05, 0.1) is 5.69 Å². The largest absolute Gasteiger partial charge is 0.348 e. The molecule has 0 bridgehead atoms. The average molecular weight is 267 g/mol. The van der Waals surface area contributed by atoms with E-state index in [0.29, 0.717) is 0 Å². The molecule has 2 heterocycles. The summed E-state index contributed by atoms with van der Waals surface area (Å²) in [5, 5.41) is 1.18. The third-order valence-electron chi connectivity index (χ3n) is 3.48. The number of aryl methyl sites for hydroxylation is 1. The van der Waals surface area contributed by atoms with Gasteiger partial charge in [0.2, 0.25) is 0 Å². The van der Waals surface area contributed by atoms with E-state index in [0.717, 1.165) is 19.5 Å². The molecule has 3 nitrogen and oxygen atoms in total. The molecule has 1 aliphatic rings. The predicted molar refractivity (Wildman–Crippen MR) is 79.4 cm³/mol. The number of rotatable bonds is 3. The maximum absolute atomic E-state index is 6.26. The van der Waals surface area contributed by atoms with Gasteiger partial charge in [-0.05, 0) is 33.1 Å². The molecule has 0 aromatic carbocycles. The molecule has 0 amide bonds. The van der Waals surface area contributed by atoms with E-state index in [9.17, 15) is 0 Å². The van der Waals surface area contributed by atoms with E-state index in [1.165, 1.54) is 41.4 Å². The second-order valence-corrected chi connectivity index (χ2v) is 6.73. The summed E-state index contributed by atoms with van der Waals surface area (Å²) >= 11 is 1.80. The Morgan fingerprint density at radius 1 is 1.22 bits per heavy atom. The van der Waals surface area contributed by atoms with Crippen molar-refractivity contribution in [3.63, 3.8) is 0 Å². The molecule has 0 aliphatic carbocycles. The van der Waals surface area contributed by atoms with Crippen molar-refractivity contribution in [3.8, 4) is 0 Å². The molecular weight excluding hydrogens is 242 g/mol. The summed E-state index contributed by atoms with van der Waals surface area (Å²) in [4.78, 5) is 8.53. The van der Waals surface area contributed by atoms with Gasteiger partial charge >= 0.3 is 0 Å². The van der Waals surface area contributed by atoms with E-state index in [1.54, 1.807) is 11.3 Å². The van der Waals surface area contributed by atoms with Crippen molar-refractivity contribution in [1.29, 1.82) is 0 Å². The summed E-state index contributed by atoms with van der Waals surface area (Å²) in [6.45, 7) is 8.62. The lowest BCUT2D eigenvalue weighted by Gasteiger charge is -2.19. The van der Waals surface area contributed by atoms with E-state index in [1.807, 2.05) is 0 Å².